The average molecular weight is 747 g/mol. The fraction of sp³-hybridized carbons (Fsp3) is 0.0377. The summed E-state index contributed by atoms with van der Waals surface area (Å²) in [5, 5.41) is 9.56. The second-order valence-electron chi connectivity index (χ2n) is 14.8. The largest absolute Gasteiger partial charge is 0.455 e. The van der Waals surface area contributed by atoms with Crippen molar-refractivity contribution < 1.29 is 4.42 Å². The second-order valence-corrected chi connectivity index (χ2v) is 14.8. The molecule has 2 aliphatic heterocycles. The summed E-state index contributed by atoms with van der Waals surface area (Å²) in [6, 6.07) is 68.4. The van der Waals surface area contributed by atoms with E-state index in [-0.39, 0.29) is 12.3 Å². The number of nitrogens with one attached hydrogen (secondary N) is 2. The number of anilines is 3. The number of hydrogen-bond acceptors (Lipinski definition) is 5. The predicted octanol–water partition coefficient (Wildman–Crippen LogP) is 13.2. The molecule has 0 amide bonds. The van der Waals surface area contributed by atoms with Crippen LogP contribution in [0.2, 0.25) is 0 Å². The molecule has 2 aliphatic rings. The molecule has 2 N–H and O–H groups in total. The topological polar surface area (TPSA) is 52.8 Å². The fourth-order valence-corrected chi connectivity index (χ4v) is 8.50. The first-order chi connectivity index (χ1) is 28.7. The summed E-state index contributed by atoms with van der Waals surface area (Å²) >= 11 is 0. The van der Waals surface area contributed by atoms with Gasteiger partial charge in [-0.05, 0) is 69.8 Å². The Hall–Kier alpha value is -7.47. The second kappa shape index (κ2) is 14.2. The Bertz CT molecular complexity index is 3010. The van der Waals surface area contributed by atoms with E-state index in [0.717, 1.165) is 89.3 Å². The minimum absolute atomic E-state index is 0.0821. The van der Waals surface area contributed by atoms with Crippen LogP contribution in [-0.2, 0) is 0 Å². The van der Waals surface area contributed by atoms with Crippen molar-refractivity contribution in [3.63, 3.8) is 0 Å². The van der Waals surface area contributed by atoms with Gasteiger partial charge in [0.25, 0.3) is 0 Å². The minimum atomic E-state index is -0.216. The van der Waals surface area contributed by atoms with Crippen molar-refractivity contribution in [1.82, 2.24) is 10.6 Å². The third kappa shape index (κ3) is 5.97. The molecule has 5 nitrogen and oxygen atoms in total. The standard InChI is InChI=1S/C53H38N4O/c1-4-15-37(16-5-1)51-54-52(38-17-6-2-7-18-38)56-53(55-51)39-28-26-35(27-29-39)40-19-12-20-41(34-40)43-23-13-24-45-49-44-31-30-36-14-10-11-25-46(36)57(42-21-8-3-9-22-42)47(44)32-33-48(49)58-50(43)45/h1-34,51,53,55H,(H,54,56). The first-order valence-corrected chi connectivity index (χ1v) is 19.8. The van der Waals surface area contributed by atoms with Gasteiger partial charge in [-0.1, -0.05) is 170 Å². The van der Waals surface area contributed by atoms with E-state index < -0.39 is 0 Å². The Kier molecular flexibility index (Phi) is 8.30. The molecule has 276 valence electrons. The number of benzene rings is 8. The van der Waals surface area contributed by atoms with Gasteiger partial charge in [-0.2, -0.15) is 0 Å². The summed E-state index contributed by atoms with van der Waals surface area (Å²) in [5.74, 6) is 0.875. The van der Waals surface area contributed by atoms with E-state index >= 15 is 0 Å². The van der Waals surface area contributed by atoms with Crippen molar-refractivity contribution >= 4 is 57.0 Å². The lowest BCUT2D eigenvalue weighted by molar-refractivity contribution is 0.409. The molecular formula is C53H38N4O. The number of rotatable bonds is 6. The van der Waals surface area contributed by atoms with Crippen LogP contribution < -0.4 is 15.5 Å². The Morgan fingerprint density at radius 1 is 0.517 bits per heavy atom. The number of aliphatic imine (C=N–C) groups is 1. The van der Waals surface area contributed by atoms with Crippen LogP contribution in [0, 0.1) is 0 Å². The highest BCUT2D eigenvalue weighted by atomic mass is 16.3. The van der Waals surface area contributed by atoms with Crippen molar-refractivity contribution in [1.29, 1.82) is 0 Å². The van der Waals surface area contributed by atoms with Crippen LogP contribution in [0.1, 0.15) is 40.1 Å². The molecule has 8 aromatic carbocycles. The van der Waals surface area contributed by atoms with Crippen molar-refractivity contribution in [2.75, 3.05) is 4.90 Å². The van der Waals surface area contributed by atoms with Gasteiger partial charge in [-0.15, -0.1) is 0 Å². The Morgan fingerprint density at radius 2 is 1.22 bits per heavy atom. The van der Waals surface area contributed by atoms with Crippen LogP contribution in [0.4, 0.5) is 17.1 Å². The Morgan fingerprint density at radius 3 is 2.05 bits per heavy atom. The van der Waals surface area contributed by atoms with Gasteiger partial charge in [0, 0.05) is 33.2 Å². The molecule has 3 heterocycles. The third-order valence-corrected chi connectivity index (χ3v) is 11.3. The lowest BCUT2D eigenvalue weighted by Crippen LogP contribution is -2.44. The molecule has 0 saturated heterocycles. The van der Waals surface area contributed by atoms with Crippen LogP contribution in [0.15, 0.2) is 204 Å². The zero-order valence-corrected chi connectivity index (χ0v) is 31.6. The van der Waals surface area contributed by atoms with Gasteiger partial charge in [0.15, 0.2) is 0 Å². The van der Waals surface area contributed by atoms with Crippen molar-refractivity contribution in [2.24, 2.45) is 4.99 Å². The molecule has 58 heavy (non-hydrogen) atoms. The highest BCUT2D eigenvalue weighted by Gasteiger charge is 2.26. The van der Waals surface area contributed by atoms with Gasteiger partial charge < -0.3 is 14.6 Å². The van der Waals surface area contributed by atoms with Gasteiger partial charge in [0.05, 0.1) is 11.4 Å². The summed E-state index contributed by atoms with van der Waals surface area (Å²) in [6.07, 6.45) is 4.18. The quantitative estimate of drug-likeness (QED) is 0.178. The van der Waals surface area contributed by atoms with Crippen molar-refractivity contribution in [3.8, 4) is 22.3 Å². The molecule has 1 aromatic heterocycles. The number of hydrogen-bond donors (Lipinski definition) is 2. The molecule has 0 fully saturated rings. The van der Waals surface area contributed by atoms with Gasteiger partial charge in [-0.3, -0.25) is 5.32 Å². The predicted molar refractivity (Wildman–Crippen MR) is 239 cm³/mol. The molecule has 11 rings (SSSR count). The van der Waals surface area contributed by atoms with Gasteiger partial charge in [0.1, 0.15) is 29.3 Å². The maximum atomic E-state index is 6.80. The SMILES string of the molecule is C1=Cc2c(ccc3oc4c(-c5cccc(-c6ccc(C7N=C(c8ccccc8)NC(c8ccccc8)N7)cc6)c5)cccc4c23)N(c2ccccc2)c2ccccc21. The zero-order chi connectivity index (χ0) is 38.4. The van der Waals surface area contributed by atoms with Crippen molar-refractivity contribution in [2.45, 2.75) is 12.3 Å². The number of para-hydroxylation sites is 3. The smallest absolute Gasteiger partial charge is 0.143 e. The van der Waals surface area contributed by atoms with E-state index in [1.54, 1.807) is 0 Å². The molecule has 0 aliphatic carbocycles. The average Bonchev–Trinajstić information content (AvgIpc) is 3.60. The third-order valence-electron chi connectivity index (χ3n) is 11.3. The van der Waals surface area contributed by atoms with E-state index in [2.05, 4.69) is 210 Å². The lowest BCUT2D eigenvalue weighted by Gasteiger charge is -2.32. The van der Waals surface area contributed by atoms with Crippen LogP contribution in [0.5, 0.6) is 0 Å². The van der Waals surface area contributed by atoms with E-state index in [1.807, 2.05) is 12.1 Å². The normalized spacial score (nSPS) is 16.0. The summed E-state index contributed by atoms with van der Waals surface area (Å²) < 4.78 is 6.80. The molecule has 0 radical (unpaired) electrons. The van der Waals surface area contributed by atoms with E-state index in [9.17, 15) is 0 Å². The number of furan rings is 1. The summed E-state index contributed by atoms with van der Waals surface area (Å²) in [5.41, 5.74) is 15.2. The Labute approximate surface area is 337 Å². The summed E-state index contributed by atoms with van der Waals surface area (Å²) in [7, 11) is 0. The van der Waals surface area contributed by atoms with E-state index in [0.29, 0.717) is 0 Å². The molecular weight excluding hydrogens is 709 g/mol. The van der Waals surface area contributed by atoms with Crippen molar-refractivity contribution in [3.05, 3.63) is 222 Å². The molecule has 2 atom stereocenters. The lowest BCUT2D eigenvalue weighted by atomic mass is 9.96. The highest BCUT2D eigenvalue weighted by Crippen LogP contribution is 2.47. The summed E-state index contributed by atoms with van der Waals surface area (Å²) in [4.78, 5) is 7.50. The van der Waals surface area contributed by atoms with Crippen LogP contribution in [0.25, 0.3) is 56.3 Å². The van der Waals surface area contributed by atoms with E-state index in [4.69, 9.17) is 9.41 Å². The van der Waals surface area contributed by atoms with Crippen LogP contribution in [0.3, 0.4) is 0 Å². The monoisotopic (exact) mass is 746 g/mol. The zero-order valence-electron chi connectivity index (χ0n) is 31.6. The fourth-order valence-electron chi connectivity index (χ4n) is 8.50. The molecule has 2 unspecified atom stereocenters. The number of fused-ring (bicyclic) bond motifs is 6. The molecule has 5 heteroatoms. The molecule has 0 saturated carbocycles. The minimum Gasteiger partial charge on any atom is -0.455 e. The maximum absolute atomic E-state index is 6.80. The van der Waals surface area contributed by atoms with Gasteiger partial charge in [-0.25, -0.2) is 4.99 Å². The first kappa shape index (κ1) is 33.8. The molecule has 9 aromatic rings. The molecule has 0 bridgehead atoms. The van der Waals surface area contributed by atoms with Gasteiger partial charge in [0.2, 0.25) is 0 Å². The van der Waals surface area contributed by atoms with Gasteiger partial charge >= 0.3 is 0 Å². The van der Waals surface area contributed by atoms with E-state index in [1.165, 1.54) is 5.56 Å². The maximum Gasteiger partial charge on any atom is 0.143 e. The first-order valence-electron chi connectivity index (χ1n) is 19.8. The van der Waals surface area contributed by atoms with Crippen LogP contribution >= 0.6 is 0 Å². The Balaban J connectivity index is 0.951. The molecule has 0 spiro atoms. The number of nitrogens with zero attached hydrogens (tertiary/aromatic N) is 2. The van der Waals surface area contributed by atoms with Crippen LogP contribution in [-0.4, -0.2) is 5.84 Å². The highest BCUT2D eigenvalue weighted by molar-refractivity contribution is 6.16. The number of amidine groups is 1. The summed E-state index contributed by atoms with van der Waals surface area (Å²) in [6.45, 7) is 0.